The van der Waals surface area contributed by atoms with Gasteiger partial charge in [0.25, 0.3) is 5.91 Å². The second kappa shape index (κ2) is 8.16. The van der Waals surface area contributed by atoms with E-state index in [1.54, 1.807) is 11.1 Å². The molecule has 3 aromatic rings. The van der Waals surface area contributed by atoms with E-state index in [1.807, 2.05) is 45.0 Å². The summed E-state index contributed by atoms with van der Waals surface area (Å²) in [5.74, 6) is -0.0240. The third-order valence-electron chi connectivity index (χ3n) is 4.75. The number of benzene rings is 1. The molecular weight excluding hydrogens is 336 g/mol. The van der Waals surface area contributed by atoms with E-state index in [1.165, 1.54) is 5.56 Å². The van der Waals surface area contributed by atoms with E-state index in [0.29, 0.717) is 24.3 Å². The number of aryl methyl sites for hydroxylation is 2. The Morgan fingerprint density at radius 2 is 1.89 bits per heavy atom. The van der Waals surface area contributed by atoms with Gasteiger partial charge in [0.1, 0.15) is 0 Å². The van der Waals surface area contributed by atoms with Crippen molar-refractivity contribution < 1.29 is 4.79 Å². The van der Waals surface area contributed by atoms with Gasteiger partial charge in [-0.05, 0) is 57.0 Å². The molecule has 0 saturated heterocycles. The van der Waals surface area contributed by atoms with Crippen LogP contribution in [0.4, 0.5) is 11.4 Å². The van der Waals surface area contributed by atoms with Crippen LogP contribution in [-0.4, -0.2) is 33.9 Å². The van der Waals surface area contributed by atoms with E-state index in [0.717, 1.165) is 28.9 Å². The molecule has 0 spiro atoms. The van der Waals surface area contributed by atoms with Crippen LogP contribution in [0.2, 0.25) is 0 Å². The number of nitrogens with zero attached hydrogens (tertiary/aromatic N) is 3. The highest BCUT2D eigenvalue weighted by Crippen LogP contribution is 2.30. The Morgan fingerprint density at radius 1 is 1.11 bits per heavy atom. The van der Waals surface area contributed by atoms with E-state index in [4.69, 9.17) is 0 Å². The molecule has 0 aliphatic rings. The summed E-state index contributed by atoms with van der Waals surface area (Å²) in [7, 11) is 0. The Balaban J connectivity index is 2.16. The molecule has 140 valence electrons. The number of aromatic nitrogens is 2. The summed E-state index contributed by atoms with van der Waals surface area (Å²) in [5, 5.41) is 4.31. The lowest BCUT2D eigenvalue weighted by molar-refractivity contribution is 0.0774. The van der Waals surface area contributed by atoms with Gasteiger partial charge in [-0.3, -0.25) is 4.79 Å². The van der Waals surface area contributed by atoms with Gasteiger partial charge in [0.2, 0.25) is 0 Å². The second-order valence-corrected chi connectivity index (χ2v) is 6.53. The van der Waals surface area contributed by atoms with Crippen molar-refractivity contribution in [1.82, 2.24) is 14.9 Å². The minimum atomic E-state index is -0.0240. The molecule has 1 N–H and O–H groups in total. The van der Waals surface area contributed by atoms with Crippen LogP contribution in [0.3, 0.4) is 0 Å². The standard InChI is InChI=1S/C22H26N4O/c1-5-16-9-8-10-17(13-16)25-20-18-12-11-15(4)24-21(18)23-14-19(20)22(27)26(6-2)7-3/h8-14H,5-7H2,1-4H3,(H,23,24,25). The lowest BCUT2D eigenvalue weighted by atomic mass is 10.1. The molecule has 2 aromatic heterocycles. The molecule has 0 atom stereocenters. The van der Waals surface area contributed by atoms with E-state index >= 15 is 0 Å². The molecule has 0 unspecified atom stereocenters. The van der Waals surface area contributed by atoms with Crippen LogP contribution in [-0.2, 0) is 6.42 Å². The molecule has 3 rings (SSSR count). The second-order valence-electron chi connectivity index (χ2n) is 6.53. The van der Waals surface area contributed by atoms with Gasteiger partial charge in [-0.1, -0.05) is 19.1 Å². The van der Waals surface area contributed by atoms with Crippen molar-refractivity contribution in [3.63, 3.8) is 0 Å². The fraction of sp³-hybridized carbons (Fsp3) is 0.318. The quantitative estimate of drug-likeness (QED) is 0.689. The molecule has 1 amide bonds. The molecule has 5 heteroatoms. The molecule has 0 saturated carbocycles. The first kappa shape index (κ1) is 18.8. The van der Waals surface area contributed by atoms with Gasteiger partial charge >= 0.3 is 0 Å². The Morgan fingerprint density at radius 3 is 2.59 bits per heavy atom. The van der Waals surface area contributed by atoms with Crippen molar-refractivity contribution in [2.24, 2.45) is 0 Å². The Kier molecular flexibility index (Phi) is 5.69. The smallest absolute Gasteiger partial charge is 0.257 e. The first-order valence-corrected chi connectivity index (χ1v) is 9.48. The first-order valence-electron chi connectivity index (χ1n) is 9.48. The maximum Gasteiger partial charge on any atom is 0.257 e. The summed E-state index contributed by atoms with van der Waals surface area (Å²) in [6, 6.07) is 12.2. The highest BCUT2D eigenvalue weighted by molar-refractivity contribution is 6.07. The van der Waals surface area contributed by atoms with Crippen LogP contribution in [0.15, 0.2) is 42.6 Å². The molecule has 0 aliphatic heterocycles. The fourth-order valence-electron chi connectivity index (χ4n) is 3.16. The summed E-state index contributed by atoms with van der Waals surface area (Å²) in [5.41, 5.74) is 5.06. The van der Waals surface area contributed by atoms with E-state index in [-0.39, 0.29) is 5.91 Å². The van der Waals surface area contributed by atoms with Crippen molar-refractivity contribution in [2.45, 2.75) is 34.1 Å². The van der Waals surface area contributed by atoms with Crippen molar-refractivity contribution in [3.05, 3.63) is 59.4 Å². The number of pyridine rings is 2. The van der Waals surface area contributed by atoms with Gasteiger partial charge in [-0.15, -0.1) is 0 Å². The number of amides is 1. The number of fused-ring (bicyclic) bond motifs is 1. The number of rotatable bonds is 6. The predicted molar refractivity (Wildman–Crippen MR) is 111 cm³/mol. The number of nitrogens with one attached hydrogen (secondary N) is 1. The van der Waals surface area contributed by atoms with Crippen LogP contribution in [0, 0.1) is 6.92 Å². The minimum Gasteiger partial charge on any atom is -0.354 e. The average molecular weight is 362 g/mol. The third-order valence-corrected chi connectivity index (χ3v) is 4.75. The first-order chi connectivity index (χ1) is 13.1. The summed E-state index contributed by atoms with van der Waals surface area (Å²) in [6.07, 6.45) is 2.60. The van der Waals surface area contributed by atoms with Gasteiger partial charge in [0.05, 0.1) is 11.3 Å². The van der Waals surface area contributed by atoms with Gasteiger partial charge in [-0.2, -0.15) is 0 Å². The Hall–Kier alpha value is -2.95. The Bertz CT molecular complexity index is 964. The summed E-state index contributed by atoms with van der Waals surface area (Å²) in [6.45, 7) is 9.35. The van der Waals surface area contributed by atoms with Crippen molar-refractivity contribution >= 4 is 28.3 Å². The summed E-state index contributed by atoms with van der Waals surface area (Å²) in [4.78, 5) is 23.9. The van der Waals surface area contributed by atoms with Crippen LogP contribution in [0.5, 0.6) is 0 Å². The van der Waals surface area contributed by atoms with Gasteiger partial charge in [-0.25, -0.2) is 9.97 Å². The number of anilines is 2. The van der Waals surface area contributed by atoms with Crippen molar-refractivity contribution in [2.75, 3.05) is 18.4 Å². The SMILES string of the molecule is CCc1cccc(Nc2c(C(=O)N(CC)CC)cnc3nc(C)ccc23)c1. The predicted octanol–water partition coefficient (Wildman–Crippen LogP) is 4.73. The van der Waals surface area contributed by atoms with E-state index in [9.17, 15) is 4.79 Å². The zero-order valence-corrected chi connectivity index (χ0v) is 16.4. The molecule has 1 aromatic carbocycles. The van der Waals surface area contributed by atoms with E-state index < -0.39 is 0 Å². The number of carbonyl (C=O) groups excluding carboxylic acids is 1. The molecule has 5 nitrogen and oxygen atoms in total. The van der Waals surface area contributed by atoms with Gasteiger partial charge < -0.3 is 10.2 Å². The molecular formula is C22H26N4O. The number of hydrogen-bond acceptors (Lipinski definition) is 4. The Labute approximate surface area is 160 Å². The number of carbonyl (C=O) groups is 1. The van der Waals surface area contributed by atoms with Crippen LogP contribution in [0.1, 0.15) is 42.4 Å². The maximum atomic E-state index is 13.1. The van der Waals surface area contributed by atoms with Crippen molar-refractivity contribution in [3.8, 4) is 0 Å². The summed E-state index contributed by atoms with van der Waals surface area (Å²) < 4.78 is 0. The van der Waals surface area contributed by atoms with Crippen LogP contribution >= 0.6 is 0 Å². The zero-order chi connectivity index (χ0) is 19.4. The minimum absolute atomic E-state index is 0.0240. The van der Waals surface area contributed by atoms with Crippen molar-refractivity contribution in [1.29, 1.82) is 0 Å². The third kappa shape index (κ3) is 3.92. The van der Waals surface area contributed by atoms with Crippen LogP contribution in [0.25, 0.3) is 11.0 Å². The molecule has 2 heterocycles. The normalized spacial score (nSPS) is 10.8. The lowest BCUT2D eigenvalue weighted by Gasteiger charge is -2.21. The molecule has 0 bridgehead atoms. The van der Waals surface area contributed by atoms with Gasteiger partial charge in [0.15, 0.2) is 5.65 Å². The topological polar surface area (TPSA) is 58.1 Å². The fourth-order valence-corrected chi connectivity index (χ4v) is 3.16. The summed E-state index contributed by atoms with van der Waals surface area (Å²) >= 11 is 0. The molecule has 27 heavy (non-hydrogen) atoms. The zero-order valence-electron chi connectivity index (χ0n) is 16.4. The van der Waals surface area contributed by atoms with Crippen LogP contribution < -0.4 is 5.32 Å². The molecule has 0 fully saturated rings. The molecule has 0 aliphatic carbocycles. The number of hydrogen-bond donors (Lipinski definition) is 1. The van der Waals surface area contributed by atoms with E-state index in [2.05, 4.69) is 34.3 Å². The highest BCUT2D eigenvalue weighted by Gasteiger charge is 2.20. The largest absolute Gasteiger partial charge is 0.354 e. The highest BCUT2D eigenvalue weighted by atomic mass is 16.2. The maximum absolute atomic E-state index is 13.1. The average Bonchev–Trinajstić information content (AvgIpc) is 2.69. The van der Waals surface area contributed by atoms with Gasteiger partial charge in [0, 0.05) is 36.1 Å². The monoisotopic (exact) mass is 362 g/mol. The lowest BCUT2D eigenvalue weighted by Crippen LogP contribution is -2.31. The molecule has 0 radical (unpaired) electrons.